The molecule has 0 bridgehead atoms. The number of hydrogen-bond donors (Lipinski definition) is 0. The summed E-state index contributed by atoms with van der Waals surface area (Å²) in [6.07, 6.45) is 0. The Morgan fingerprint density at radius 2 is 1.88 bits per heavy atom. The maximum absolute atomic E-state index is 12.2. The Hall–Kier alpha value is -2.72. The highest BCUT2D eigenvalue weighted by atomic mass is 79.9. The van der Waals surface area contributed by atoms with E-state index in [1.54, 1.807) is 36.4 Å². The van der Waals surface area contributed by atoms with Gasteiger partial charge in [0.2, 0.25) is 0 Å². The molecule has 0 spiro atoms. The molecule has 0 aliphatic rings. The van der Waals surface area contributed by atoms with Crippen LogP contribution in [0.4, 0.5) is 0 Å². The fourth-order valence-electron chi connectivity index (χ4n) is 2.13. The zero-order chi connectivity index (χ0) is 18.9. The molecule has 0 amide bonds. The van der Waals surface area contributed by atoms with E-state index in [9.17, 15) is 4.79 Å². The largest absolute Gasteiger partial charge is 0.493 e. The summed E-state index contributed by atoms with van der Waals surface area (Å²) in [6.45, 7) is 2.63. The topological polar surface area (TPSA) is 77.8 Å². The first-order valence-electron chi connectivity index (χ1n) is 7.89. The molecule has 0 heterocycles. The van der Waals surface area contributed by atoms with Crippen molar-refractivity contribution in [2.45, 2.75) is 6.92 Å². The minimum absolute atomic E-state index is 0.0893. The number of hydrogen-bond acceptors (Lipinski definition) is 6. The SMILES string of the molecule is CCOc1c(Br)cc(C(=O)OCCOc2ccc(C#N)cc2)cc1OC. The van der Waals surface area contributed by atoms with Gasteiger partial charge in [-0.2, -0.15) is 5.26 Å². The molecule has 0 radical (unpaired) electrons. The molecule has 2 aromatic carbocycles. The lowest BCUT2D eigenvalue weighted by Crippen LogP contribution is -2.12. The van der Waals surface area contributed by atoms with Crippen LogP contribution in [0.25, 0.3) is 0 Å². The van der Waals surface area contributed by atoms with Crippen molar-refractivity contribution in [1.29, 1.82) is 5.26 Å². The minimum Gasteiger partial charge on any atom is -0.493 e. The van der Waals surface area contributed by atoms with Crippen LogP contribution in [0.3, 0.4) is 0 Å². The number of carbonyl (C=O) groups excluding carboxylic acids is 1. The number of benzene rings is 2. The minimum atomic E-state index is -0.490. The number of nitrogens with zero attached hydrogens (tertiary/aromatic N) is 1. The summed E-state index contributed by atoms with van der Waals surface area (Å²) < 4.78 is 22.1. The van der Waals surface area contributed by atoms with Gasteiger partial charge in [-0.25, -0.2) is 4.79 Å². The van der Waals surface area contributed by atoms with Gasteiger partial charge in [-0.15, -0.1) is 0 Å². The lowest BCUT2D eigenvalue weighted by molar-refractivity contribution is 0.0450. The van der Waals surface area contributed by atoms with Gasteiger partial charge >= 0.3 is 5.97 Å². The number of rotatable bonds is 8. The van der Waals surface area contributed by atoms with Crippen LogP contribution >= 0.6 is 15.9 Å². The smallest absolute Gasteiger partial charge is 0.338 e. The van der Waals surface area contributed by atoms with Gasteiger partial charge in [0.15, 0.2) is 11.5 Å². The van der Waals surface area contributed by atoms with Crippen molar-refractivity contribution in [3.63, 3.8) is 0 Å². The Balaban J connectivity index is 1.91. The highest BCUT2D eigenvalue weighted by Crippen LogP contribution is 2.36. The van der Waals surface area contributed by atoms with E-state index in [0.717, 1.165) is 0 Å². The first-order valence-corrected chi connectivity index (χ1v) is 8.68. The fraction of sp³-hybridized carbons (Fsp3) is 0.263. The van der Waals surface area contributed by atoms with Crippen LogP contribution in [0.2, 0.25) is 0 Å². The Bertz CT molecular complexity index is 799. The van der Waals surface area contributed by atoms with E-state index in [1.165, 1.54) is 7.11 Å². The lowest BCUT2D eigenvalue weighted by Gasteiger charge is -2.13. The monoisotopic (exact) mass is 419 g/mol. The average molecular weight is 420 g/mol. The molecule has 0 aliphatic heterocycles. The van der Waals surface area contributed by atoms with Gasteiger partial charge in [0, 0.05) is 0 Å². The van der Waals surface area contributed by atoms with Gasteiger partial charge < -0.3 is 18.9 Å². The molecule has 0 aliphatic carbocycles. The summed E-state index contributed by atoms with van der Waals surface area (Å²) >= 11 is 3.37. The van der Waals surface area contributed by atoms with Gasteiger partial charge in [0.05, 0.1) is 35.4 Å². The third-order valence-electron chi connectivity index (χ3n) is 3.32. The molecule has 26 heavy (non-hydrogen) atoms. The number of halogens is 1. The highest BCUT2D eigenvalue weighted by molar-refractivity contribution is 9.10. The first kappa shape index (κ1) is 19.6. The maximum Gasteiger partial charge on any atom is 0.338 e. The quantitative estimate of drug-likeness (QED) is 0.475. The van der Waals surface area contributed by atoms with Crippen molar-refractivity contribution < 1.29 is 23.7 Å². The molecule has 0 aromatic heterocycles. The molecule has 2 aromatic rings. The molecule has 0 saturated carbocycles. The highest BCUT2D eigenvalue weighted by Gasteiger charge is 2.16. The van der Waals surface area contributed by atoms with E-state index >= 15 is 0 Å². The second-order valence-electron chi connectivity index (χ2n) is 5.04. The Kier molecular flexibility index (Phi) is 7.30. The van der Waals surface area contributed by atoms with Gasteiger partial charge in [0.1, 0.15) is 19.0 Å². The second-order valence-corrected chi connectivity index (χ2v) is 5.90. The summed E-state index contributed by atoms with van der Waals surface area (Å²) in [5.74, 6) is 1.10. The summed E-state index contributed by atoms with van der Waals surface area (Å²) in [7, 11) is 1.50. The number of nitriles is 1. The van der Waals surface area contributed by atoms with Gasteiger partial charge in [-0.05, 0) is 59.3 Å². The van der Waals surface area contributed by atoms with Crippen molar-refractivity contribution in [1.82, 2.24) is 0 Å². The van der Waals surface area contributed by atoms with Crippen LogP contribution in [0.1, 0.15) is 22.8 Å². The zero-order valence-electron chi connectivity index (χ0n) is 14.5. The molecule has 6 nitrogen and oxygen atoms in total. The van der Waals surface area contributed by atoms with E-state index in [2.05, 4.69) is 15.9 Å². The second kappa shape index (κ2) is 9.68. The Labute approximate surface area is 160 Å². The van der Waals surface area contributed by atoms with E-state index in [-0.39, 0.29) is 13.2 Å². The van der Waals surface area contributed by atoms with Gasteiger partial charge in [-0.1, -0.05) is 0 Å². The molecule has 7 heteroatoms. The van der Waals surface area contributed by atoms with E-state index in [0.29, 0.717) is 39.5 Å². The molecule has 0 saturated heterocycles. The van der Waals surface area contributed by atoms with Crippen molar-refractivity contribution in [3.05, 3.63) is 52.0 Å². The number of ether oxygens (including phenoxy) is 4. The van der Waals surface area contributed by atoms with Crippen LogP contribution in [0, 0.1) is 11.3 Å². The Morgan fingerprint density at radius 1 is 1.15 bits per heavy atom. The van der Waals surface area contributed by atoms with Crippen LogP contribution in [-0.2, 0) is 4.74 Å². The molecule has 0 unspecified atom stereocenters. The lowest BCUT2D eigenvalue weighted by atomic mass is 10.2. The molecule has 0 fully saturated rings. The third kappa shape index (κ3) is 5.14. The molecular formula is C19H18BrNO5. The van der Waals surface area contributed by atoms with E-state index in [4.69, 9.17) is 24.2 Å². The number of methoxy groups -OCH3 is 1. The normalized spacial score (nSPS) is 9.92. The van der Waals surface area contributed by atoms with Gasteiger partial charge in [-0.3, -0.25) is 0 Å². The molecular weight excluding hydrogens is 402 g/mol. The molecule has 136 valence electrons. The van der Waals surface area contributed by atoms with Crippen molar-refractivity contribution in [2.24, 2.45) is 0 Å². The molecule has 0 N–H and O–H groups in total. The molecule has 0 atom stereocenters. The van der Waals surface area contributed by atoms with Crippen LogP contribution in [-0.4, -0.2) is 32.9 Å². The maximum atomic E-state index is 12.2. The summed E-state index contributed by atoms with van der Waals surface area (Å²) in [4.78, 5) is 12.2. The van der Waals surface area contributed by atoms with Crippen LogP contribution in [0.15, 0.2) is 40.9 Å². The third-order valence-corrected chi connectivity index (χ3v) is 3.91. The predicted octanol–water partition coefficient (Wildman–Crippen LogP) is 3.96. The number of carbonyl (C=O) groups is 1. The summed E-state index contributed by atoms with van der Waals surface area (Å²) in [5.41, 5.74) is 0.898. The first-order chi connectivity index (χ1) is 12.6. The standard InChI is InChI=1S/C19H18BrNO5/c1-3-24-18-16(20)10-14(11-17(18)23-2)19(22)26-9-8-25-15-6-4-13(12-21)5-7-15/h4-7,10-11H,3,8-9H2,1-2H3. The molecule has 2 rings (SSSR count). The van der Waals surface area contributed by atoms with Gasteiger partial charge in [0.25, 0.3) is 0 Å². The Morgan fingerprint density at radius 3 is 2.50 bits per heavy atom. The average Bonchev–Trinajstić information content (AvgIpc) is 2.67. The fourth-order valence-corrected chi connectivity index (χ4v) is 2.68. The summed E-state index contributed by atoms with van der Waals surface area (Å²) in [6, 6.07) is 11.9. The number of esters is 1. The van der Waals surface area contributed by atoms with Crippen molar-refractivity contribution >= 4 is 21.9 Å². The van der Waals surface area contributed by atoms with E-state index < -0.39 is 5.97 Å². The van der Waals surface area contributed by atoms with Crippen LogP contribution < -0.4 is 14.2 Å². The predicted molar refractivity (Wildman–Crippen MR) is 98.8 cm³/mol. The van der Waals surface area contributed by atoms with E-state index in [1.807, 2.05) is 13.0 Å². The zero-order valence-corrected chi connectivity index (χ0v) is 16.0. The summed E-state index contributed by atoms with van der Waals surface area (Å²) in [5, 5.41) is 8.75. The van der Waals surface area contributed by atoms with Crippen molar-refractivity contribution in [3.8, 4) is 23.3 Å². The van der Waals surface area contributed by atoms with Crippen LogP contribution in [0.5, 0.6) is 17.2 Å². The van der Waals surface area contributed by atoms with Crippen molar-refractivity contribution in [2.75, 3.05) is 26.9 Å².